The molecule has 1 nitrogen and oxygen atoms in total. The van der Waals surface area contributed by atoms with E-state index in [-0.39, 0.29) is 0 Å². The second-order valence-corrected chi connectivity index (χ2v) is 6.14. The van der Waals surface area contributed by atoms with Gasteiger partial charge in [-0.3, -0.25) is 0 Å². The summed E-state index contributed by atoms with van der Waals surface area (Å²) in [6.07, 6.45) is 2.44. The molecule has 0 fully saturated rings. The van der Waals surface area contributed by atoms with Crippen LogP contribution in [0.2, 0.25) is 5.02 Å². The molecule has 21 heavy (non-hydrogen) atoms. The zero-order chi connectivity index (χ0) is 15.2. The maximum absolute atomic E-state index is 6.11. The molecule has 2 aromatic rings. The summed E-state index contributed by atoms with van der Waals surface area (Å²) >= 11 is 6.11. The van der Waals surface area contributed by atoms with Gasteiger partial charge in [-0.15, -0.1) is 0 Å². The molecule has 0 aliphatic carbocycles. The number of rotatable bonds is 6. The van der Waals surface area contributed by atoms with E-state index in [1.807, 2.05) is 18.2 Å². The van der Waals surface area contributed by atoms with Gasteiger partial charge >= 0.3 is 0 Å². The Hall–Kier alpha value is -1.47. The van der Waals surface area contributed by atoms with E-state index in [2.05, 4.69) is 56.0 Å². The van der Waals surface area contributed by atoms with Crippen molar-refractivity contribution in [2.75, 3.05) is 11.4 Å². The first-order valence-electron chi connectivity index (χ1n) is 7.74. The third-order valence-corrected chi connectivity index (χ3v) is 3.95. The van der Waals surface area contributed by atoms with Crippen molar-refractivity contribution in [3.8, 4) is 11.1 Å². The van der Waals surface area contributed by atoms with E-state index in [1.54, 1.807) is 0 Å². The molecule has 0 aliphatic rings. The highest BCUT2D eigenvalue weighted by Crippen LogP contribution is 2.27. The maximum atomic E-state index is 6.11. The average Bonchev–Trinajstić information content (AvgIpc) is 2.48. The Labute approximate surface area is 133 Å². The van der Waals surface area contributed by atoms with E-state index in [0.717, 1.165) is 11.6 Å². The van der Waals surface area contributed by atoms with Crippen molar-refractivity contribution in [2.45, 2.75) is 39.7 Å². The number of benzene rings is 2. The normalized spacial score (nSPS) is 10.9. The minimum atomic E-state index is 0.506. The molecule has 2 rings (SSSR count). The first kappa shape index (κ1) is 15.9. The van der Waals surface area contributed by atoms with Crippen LogP contribution in [0.15, 0.2) is 48.5 Å². The van der Waals surface area contributed by atoms with Crippen molar-refractivity contribution >= 4 is 17.3 Å². The molecule has 0 amide bonds. The summed E-state index contributed by atoms with van der Waals surface area (Å²) in [5.74, 6) is 0. The fourth-order valence-electron chi connectivity index (χ4n) is 2.55. The SMILES string of the molecule is CCCCN(c1cccc(-c2cccc(Cl)c2)c1)C(C)C. The number of anilines is 1. The Morgan fingerprint density at radius 3 is 2.29 bits per heavy atom. The standard InChI is InChI=1S/C19H24ClN/c1-4-5-12-21(15(2)3)19-11-7-9-17(14-19)16-8-6-10-18(20)13-16/h6-11,13-15H,4-5,12H2,1-3H3. The topological polar surface area (TPSA) is 3.24 Å². The van der Waals surface area contributed by atoms with Crippen molar-refractivity contribution in [3.63, 3.8) is 0 Å². The van der Waals surface area contributed by atoms with Gasteiger partial charge in [-0.05, 0) is 55.7 Å². The highest BCUT2D eigenvalue weighted by Gasteiger charge is 2.10. The smallest absolute Gasteiger partial charge is 0.0412 e. The Morgan fingerprint density at radius 1 is 1.00 bits per heavy atom. The summed E-state index contributed by atoms with van der Waals surface area (Å²) < 4.78 is 0. The lowest BCUT2D eigenvalue weighted by molar-refractivity contribution is 0.646. The van der Waals surface area contributed by atoms with Crippen LogP contribution in [0.3, 0.4) is 0 Å². The van der Waals surface area contributed by atoms with Crippen LogP contribution in [-0.2, 0) is 0 Å². The van der Waals surface area contributed by atoms with Gasteiger partial charge in [-0.1, -0.05) is 49.2 Å². The van der Waals surface area contributed by atoms with Gasteiger partial charge < -0.3 is 4.90 Å². The number of unbranched alkanes of at least 4 members (excludes halogenated alkanes) is 1. The van der Waals surface area contributed by atoms with E-state index in [9.17, 15) is 0 Å². The van der Waals surface area contributed by atoms with Crippen LogP contribution in [0.5, 0.6) is 0 Å². The molecular weight excluding hydrogens is 278 g/mol. The van der Waals surface area contributed by atoms with E-state index in [0.29, 0.717) is 6.04 Å². The van der Waals surface area contributed by atoms with Crippen molar-refractivity contribution in [1.82, 2.24) is 0 Å². The van der Waals surface area contributed by atoms with Crippen molar-refractivity contribution in [2.24, 2.45) is 0 Å². The van der Waals surface area contributed by atoms with Gasteiger partial charge in [0.25, 0.3) is 0 Å². The third kappa shape index (κ3) is 4.25. The zero-order valence-electron chi connectivity index (χ0n) is 13.1. The van der Waals surface area contributed by atoms with Gasteiger partial charge in [0.05, 0.1) is 0 Å². The lowest BCUT2D eigenvalue weighted by Gasteiger charge is -2.29. The van der Waals surface area contributed by atoms with Crippen LogP contribution in [0.25, 0.3) is 11.1 Å². The molecule has 2 aromatic carbocycles. The molecule has 2 heteroatoms. The molecule has 0 radical (unpaired) electrons. The first-order chi connectivity index (χ1) is 10.1. The Balaban J connectivity index is 2.31. The summed E-state index contributed by atoms with van der Waals surface area (Å²) in [5, 5.41) is 0.782. The molecule has 0 N–H and O–H groups in total. The molecule has 0 aromatic heterocycles. The highest BCUT2D eigenvalue weighted by atomic mass is 35.5. The number of hydrogen-bond acceptors (Lipinski definition) is 1. The molecular formula is C19H24ClN. The summed E-state index contributed by atoms with van der Waals surface area (Å²) in [7, 11) is 0. The lowest BCUT2D eigenvalue weighted by Crippen LogP contribution is -2.31. The van der Waals surface area contributed by atoms with Crippen LogP contribution in [-0.4, -0.2) is 12.6 Å². The van der Waals surface area contributed by atoms with Crippen LogP contribution in [0, 0.1) is 0 Å². The molecule has 0 saturated carbocycles. The Morgan fingerprint density at radius 2 is 1.67 bits per heavy atom. The van der Waals surface area contributed by atoms with E-state index in [4.69, 9.17) is 11.6 Å². The average molecular weight is 302 g/mol. The van der Waals surface area contributed by atoms with Crippen molar-refractivity contribution in [1.29, 1.82) is 0 Å². The van der Waals surface area contributed by atoms with E-state index >= 15 is 0 Å². The molecule has 0 unspecified atom stereocenters. The molecule has 0 bridgehead atoms. The molecule has 0 atom stereocenters. The van der Waals surface area contributed by atoms with Gasteiger partial charge in [-0.2, -0.15) is 0 Å². The third-order valence-electron chi connectivity index (χ3n) is 3.71. The summed E-state index contributed by atoms with van der Waals surface area (Å²) in [4.78, 5) is 2.47. The van der Waals surface area contributed by atoms with E-state index < -0.39 is 0 Å². The molecule has 0 saturated heterocycles. The second kappa shape index (κ2) is 7.51. The number of nitrogens with zero attached hydrogens (tertiary/aromatic N) is 1. The highest BCUT2D eigenvalue weighted by molar-refractivity contribution is 6.30. The predicted molar refractivity (Wildman–Crippen MR) is 94.3 cm³/mol. The van der Waals surface area contributed by atoms with Crippen molar-refractivity contribution < 1.29 is 0 Å². The fraction of sp³-hybridized carbons (Fsp3) is 0.368. The Kier molecular flexibility index (Phi) is 5.69. The minimum absolute atomic E-state index is 0.506. The van der Waals surface area contributed by atoms with Gasteiger partial charge in [0.2, 0.25) is 0 Å². The molecule has 0 heterocycles. The molecule has 112 valence electrons. The number of halogens is 1. The maximum Gasteiger partial charge on any atom is 0.0412 e. The number of hydrogen-bond donors (Lipinski definition) is 0. The zero-order valence-corrected chi connectivity index (χ0v) is 13.9. The summed E-state index contributed by atoms with van der Waals surface area (Å²) in [5.41, 5.74) is 3.68. The fourth-order valence-corrected chi connectivity index (χ4v) is 2.74. The monoisotopic (exact) mass is 301 g/mol. The lowest BCUT2D eigenvalue weighted by atomic mass is 10.0. The van der Waals surface area contributed by atoms with Gasteiger partial charge in [0.15, 0.2) is 0 Å². The van der Waals surface area contributed by atoms with Crippen molar-refractivity contribution in [3.05, 3.63) is 53.6 Å². The van der Waals surface area contributed by atoms with Crippen LogP contribution >= 0.6 is 11.6 Å². The Bertz CT molecular complexity index is 577. The van der Waals surface area contributed by atoms with Crippen LogP contribution in [0.1, 0.15) is 33.6 Å². The predicted octanol–water partition coefficient (Wildman–Crippen LogP) is 6.02. The van der Waals surface area contributed by atoms with Gasteiger partial charge in [0.1, 0.15) is 0 Å². The van der Waals surface area contributed by atoms with Crippen LogP contribution < -0.4 is 4.90 Å². The molecule has 0 spiro atoms. The largest absolute Gasteiger partial charge is 0.369 e. The summed E-state index contributed by atoms with van der Waals surface area (Å²) in [6.45, 7) is 7.84. The van der Waals surface area contributed by atoms with Gasteiger partial charge in [-0.25, -0.2) is 0 Å². The first-order valence-corrected chi connectivity index (χ1v) is 8.12. The quantitative estimate of drug-likeness (QED) is 0.630. The molecule has 0 aliphatic heterocycles. The van der Waals surface area contributed by atoms with Gasteiger partial charge in [0, 0.05) is 23.3 Å². The van der Waals surface area contributed by atoms with Crippen LogP contribution in [0.4, 0.5) is 5.69 Å². The van der Waals surface area contributed by atoms with E-state index in [1.165, 1.54) is 29.7 Å². The second-order valence-electron chi connectivity index (χ2n) is 5.70. The summed E-state index contributed by atoms with van der Waals surface area (Å²) in [6, 6.07) is 17.3. The minimum Gasteiger partial charge on any atom is -0.369 e.